The van der Waals surface area contributed by atoms with E-state index in [1.807, 2.05) is 4.90 Å². The quantitative estimate of drug-likeness (QED) is 0.844. The van der Waals surface area contributed by atoms with Crippen molar-refractivity contribution in [1.29, 1.82) is 5.26 Å². The van der Waals surface area contributed by atoms with E-state index in [4.69, 9.17) is 5.26 Å². The summed E-state index contributed by atoms with van der Waals surface area (Å²) < 4.78 is 39.5. The van der Waals surface area contributed by atoms with E-state index < -0.39 is 15.8 Å². The topological polar surface area (TPSA) is 77.3 Å². The van der Waals surface area contributed by atoms with Gasteiger partial charge in [0.2, 0.25) is 10.0 Å². The molecule has 0 spiro atoms. The Hall–Kier alpha value is -2.50. The van der Waals surface area contributed by atoms with Crippen molar-refractivity contribution >= 4 is 15.8 Å². The van der Waals surface area contributed by atoms with Crippen molar-refractivity contribution in [1.82, 2.24) is 9.29 Å². The van der Waals surface area contributed by atoms with Crippen LogP contribution in [0.3, 0.4) is 0 Å². The molecule has 0 bridgehead atoms. The zero-order chi connectivity index (χ0) is 17.2. The van der Waals surface area contributed by atoms with Crippen molar-refractivity contribution in [2.75, 3.05) is 31.1 Å². The Morgan fingerprint density at radius 2 is 1.75 bits per heavy atom. The van der Waals surface area contributed by atoms with E-state index in [0.717, 1.165) is 12.1 Å². The minimum Gasteiger partial charge on any atom is -0.353 e. The number of hydrogen-bond donors (Lipinski definition) is 0. The maximum atomic E-state index is 13.0. The van der Waals surface area contributed by atoms with Gasteiger partial charge in [-0.2, -0.15) is 9.57 Å². The number of pyridine rings is 1. The molecule has 2 heterocycles. The Labute approximate surface area is 139 Å². The number of hydrogen-bond acceptors (Lipinski definition) is 5. The van der Waals surface area contributed by atoms with E-state index in [2.05, 4.69) is 11.1 Å². The van der Waals surface area contributed by atoms with Crippen molar-refractivity contribution in [2.24, 2.45) is 0 Å². The van der Waals surface area contributed by atoms with Crippen molar-refractivity contribution in [2.45, 2.75) is 4.90 Å². The van der Waals surface area contributed by atoms with E-state index in [0.29, 0.717) is 24.5 Å². The molecular weight excluding hydrogens is 331 g/mol. The van der Waals surface area contributed by atoms with Crippen LogP contribution in [0, 0.1) is 17.1 Å². The third-order valence-electron chi connectivity index (χ3n) is 3.90. The van der Waals surface area contributed by atoms with Gasteiger partial charge in [0, 0.05) is 32.4 Å². The monoisotopic (exact) mass is 346 g/mol. The normalized spacial score (nSPS) is 15.9. The molecule has 3 rings (SSSR count). The third kappa shape index (κ3) is 3.09. The van der Waals surface area contributed by atoms with E-state index in [-0.39, 0.29) is 18.0 Å². The molecule has 1 aromatic carbocycles. The van der Waals surface area contributed by atoms with Crippen LogP contribution in [0.1, 0.15) is 5.56 Å². The molecule has 8 heteroatoms. The van der Waals surface area contributed by atoms with Crippen LogP contribution in [-0.2, 0) is 10.0 Å². The van der Waals surface area contributed by atoms with Gasteiger partial charge in [-0.05, 0) is 36.4 Å². The first kappa shape index (κ1) is 16.4. The summed E-state index contributed by atoms with van der Waals surface area (Å²) in [7, 11) is -3.65. The first-order valence-corrected chi connectivity index (χ1v) is 8.82. The molecule has 1 aliphatic heterocycles. The number of nitriles is 1. The highest BCUT2D eigenvalue weighted by molar-refractivity contribution is 7.89. The smallest absolute Gasteiger partial charge is 0.243 e. The van der Waals surface area contributed by atoms with Crippen LogP contribution in [-0.4, -0.2) is 43.9 Å². The fraction of sp³-hybridized carbons (Fsp3) is 0.250. The molecular formula is C16H15FN4O2S. The summed E-state index contributed by atoms with van der Waals surface area (Å²) in [6.07, 6.45) is 1.61. The van der Waals surface area contributed by atoms with Gasteiger partial charge in [-0.1, -0.05) is 0 Å². The van der Waals surface area contributed by atoms with Gasteiger partial charge in [-0.3, -0.25) is 0 Å². The van der Waals surface area contributed by atoms with E-state index in [1.165, 1.54) is 16.4 Å². The Morgan fingerprint density at radius 1 is 1.08 bits per heavy atom. The summed E-state index contributed by atoms with van der Waals surface area (Å²) in [4.78, 5) is 6.20. The molecule has 24 heavy (non-hydrogen) atoms. The Bertz CT molecular complexity index is 870. The molecule has 0 amide bonds. The lowest BCUT2D eigenvalue weighted by molar-refractivity contribution is 0.383. The fourth-order valence-corrected chi connectivity index (χ4v) is 4.05. The molecule has 0 N–H and O–H groups in total. The van der Waals surface area contributed by atoms with Crippen LogP contribution in [0.15, 0.2) is 47.5 Å². The van der Waals surface area contributed by atoms with Gasteiger partial charge in [0.1, 0.15) is 17.7 Å². The largest absolute Gasteiger partial charge is 0.353 e. The number of rotatable bonds is 3. The third-order valence-corrected chi connectivity index (χ3v) is 5.81. The van der Waals surface area contributed by atoms with Gasteiger partial charge in [-0.25, -0.2) is 17.8 Å². The predicted molar refractivity (Wildman–Crippen MR) is 86.3 cm³/mol. The molecule has 0 radical (unpaired) electrons. The van der Waals surface area contributed by atoms with Gasteiger partial charge < -0.3 is 4.90 Å². The van der Waals surface area contributed by atoms with Crippen LogP contribution >= 0.6 is 0 Å². The Morgan fingerprint density at radius 3 is 2.38 bits per heavy atom. The Balaban J connectivity index is 1.75. The van der Waals surface area contributed by atoms with Crippen LogP contribution < -0.4 is 4.90 Å². The number of sulfonamides is 1. The second-order valence-electron chi connectivity index (χ2n) is 5.33. The molecule has 124 valence electrons. The average molecular weight is 346 g/mol. The molecule has 1 saturated heterocycles. The SMILES string of the molecule is N#Cc1cccnc1N1CCN(S(=O)(=O)c2ccc(F)cc2)CC1. The van der Waals surface area contributed by atoms with Crippen LogP contribution in [0.25, 0.3) is 0 Å². The standard InChI is InChI=1S/C16H15FN4O2S/c17-14-3-5-15(6-4-14)24(22,23)21-10-8-20(9-11-21)16-13(12-18)2-1-7-19-16/h1-7H,8-11H2. The van der Waals surface area contributed by atoms with Crippen LogP contribution in [0.4, 0.5) is 10.2 Å². The molecule has 2 aromatic rings. The molecule has 0 saturated carbocycles. The number of anilines is 1. The number of nitrogens with zero attached hydrogens (tertiary/aromatic N) is 4. The molecule has 0 aliphatic carbocycles. The van der Waals surface area contributed by atoms with E-state index >= 15 is 0 Å². The predicted octanol–water partition coefficient (Wildman–Crippen LogP) is 1.60. The van der Waals surface area contributed by atoms with E-state index in [9.17, 15) is 12.8 Å². The minimum atomic E-state index is -3.65. The zero-order valence-electron chi connectivity index (χ0n) is 12.8. The summed E-state index contributed by atoms with van der Waals surface area (Å²) in [6.45, 7) is 1.43. The van der Waals surface area contributed by atoms with Gasteiger partial charge in [0.25, 0.3) is 0 Å². The van der Waals surface area contributed by atoms with E-state index in [1.54, 1.807) is 18.3 Å². The second kappa shape index (κ2) is 6.55. The van der Waals surface area contributed by atoms with Crippen molar-refractivity contribution in [3.05, 3.63) is 54.0 Å². The fourth-order valence-electron chi connectivity index (χ4n) is 2.63. The highest BCUT2D eigenvalue weighted by atomic mass is 32.2. The highest BCUT2D eigenvalue weighted by Crippen LogP contribution is 2.22. The molecule has 6 nitrogen and oxygen atoms in total. The van der Waals surface area contributed by atoms with Crippen LogP contribution in [0.5, 0.6) is 0 Å². The lowest BCUT2D eigenvalue weighted by atomic mass is 10.2. The molecule has 1 fully saturated rings. The Kier molecular flexibility index (Phi) is 4.46. The minimum absolute atomic E-state index is 0.0768. The number of benzene rings is 1. The van der Waals surface area contributed by atoms with Gasteiger partial charge in [0.15, 0.2) is 0 Å². The van der Waals surface area contributed by atoms with Crippen molar-refractivity contribution < 1.29 is 12.8 Å². The molecule has 0 atom stereocenters. The van der Waals surface area contributed by atoms with Crippen molar-refractivity contribution in [3.63, 3.8) is 0 Å². The first-order chi connectivity index (χ1) is 11.5. The average Bonchev–Trinajstić information content (AvgIpc) is 2.62. The zero-order valence-corrected chi connectivity index (χ0v) is 13.6. The van der Waals surface area contributed by atoms with Gasteiger partial charge in [0.05, 0.1) is 10.5 Å². The summed E-state index contributed by atoms with van der Waals surface area (Å²) in [5.41, 5.74) is 0.465. The van der Waals surface area contributed by atoms with Gasteiger partial charge in [-0.15, -0.1) is 0 Å². The number of halogens is 1. The highest BCUT2D eigenvalue weighted by Gasteiger charge is 2.29. The number of aromatic nitrogens is 1. The van der Waals surface area contributed by atoms with Crippen molar-refractivity contribution in [3.8, 4) is 6.07 Å². The van der Waals surface area contributed by atoms with Gasteiger partial charge >= 0.3 is 0 Å². The molecule has 1 aromatic heterocycles. The lowest BCUT2D eigenvalue weighted by Gasteiger charge is -2.34. The van der Waals surface area contributed by atoms with Crippen LogP contribution in [0.2, 0.25) is 0 Å². The molecule has 1 aliphatic rings. The first-order valence-electron chi connectivity index (χ1n) is 7.38. The maximum absolute atomic E-state index is 13.0. The second-order valence-corrected chi connectivity index (χ2v) is 7.27. The summed E-state index contributed by atoms with van der Waals surface area (Å²) >= 11 is 0. The lowest BCUT2D eigenvalue weighted by Crippen LogP contribution is -2.49. The summed E-state index contributed by atoms with van der Waals surface area (Å²) in [6, 6.07) is 10.3. The number of piperazine rings is 1. The maximum Gasteiger partial charge on any atom is 0.243 e. The summed E-state index contributed by atoms with van der Waals surface area (Å²) in [5, 5.41) is 9.15. The summed E-state index contributed by atoms with van der Waals surface area (Å²) in [5.74, 6) is 0.0942. The molecule has 0 unspecified atom stereocenters.